The molecule has 8 heteroatoms. The van der Waals surface area contributed by atoms with Crippen LogP contribution < -0.4 is 5.32 Å². The van der Waals surface area contributed by atoms with Crippen LogP contribution in [0.15, 0.2) is 66.7 Å². The fourth-order valence-electron chi connectivity index (χ4n) is 5.75. The summed E-state index contributed by atoms with van der Waals surface area (Å²) in [5, 5.41) is 3.72. The molecule has 1 N–H and O–H groups in total. The van der Waals surface area contributed by atoms with E-state index in [4.69, 9.17) is 16.3 Å². The van der Waals surface area contributed by atoms with Crippen molar-refractivity contribution >= 4 is 29.4 Å². The maximum atomic E-state index is 13.3. The van der Waals surface area contributed by atoms with E-state index in [0.29, 0.717) is 49.4 Å². The number of amides is 2. The number of hydrogen-bond donors (Lipinski definition) is 1. The molecular formula is C32H32ClFN2O4. The number of ether oxygens (including phenoxy) is 1. The van der Waals surface area contributed by atoms with E-state index in [1.807, 2.05) is 36.4 Å². The molecule has 1 saturated heterocycles. The molecule has 0 radical (unpaired) electrons. The number of carbonyl (C=O) groups is 3. The minimum atomic E-state index is -1.15. The topological polar surface area (TPSA) is 75.7 Å². The van der Waals surface area contributed by atoms with Crippen LogP contribution in [0.25, 0.3) is 11.1 Å². The molecule has 5 rings (SSSR count). The van der Waals surface area contributed by atoms with E-state index in [0.717, 1.165) is 22.3 Å². The molecule has 0 spiro atoms. The van der Waals surface area contributed by atoms with Gasteiger partial charge >= 0.3 is 5.97 Å². The van der Waals surface area contributed by atoms with Crippen LogP contribution in [0.4, 0.5) is 4.39 Å². The van der Waals surface area contributed by atoms with Gasteiger partial charge in [0.25, 0.3) is 5.91 Å². The number of hydrogen-bond acceptors (Lipinski definition) is 4. The van der Waals surface area contributed by atoms with Gasteiger partial charge < -0.3 is 15.0 Å². The predicted molar refractivity (Wildman–Crippen MR) is 151 cm³/mol. The van der Waals surface area contributed by atoms with Crippen molar-refractivity contribution < 1.29 is 23.5 Å². The molecule has 1 fully saturated rings. The van der Waals surface area contributed by atoms with Crippen molar-refractivity contribution in [3.63, 3.8) is 0 Å². The molecule has 0 saturated carbocycles. The van der Waals surface area contributed by atoms with Gasteiger partial charge in [0.05, 0.1) is 6.61 Å². The highest BCUT2D eigenvalue weighted by Crippen LogP contribution is 2.35. The summed E-state index contributed by atoms with van der Waals surface area (Å²) in [6, 6.07) is 19.2. The number of rotatable bonds is 7. The van der Waals surface area contributed by atoms with E-state index in [1.165, 1.54) is 24.3 Å². The molecule has 0 aromatic heterocycles. The van der Waals surface area contributed by atoms with Gasteiger partial charge in [0.15, 0.2) is 0 Å². The lowest BCUT2D eigenvalue weighted by atomic mass is 9.91. The lowest BCUT2D eigenvalue weighted by Gasteiger charge is -2.33. The first kappa shape index (κ1) is 27.8. The van der Waals surface area contributed by atoms with Gasteiger partial charge in [-0.1, -0.05) is 41.9 Å². The summed E-state index contributed by atoms with van der Waals surface area (Å²) >= 11 is 6.04. The fourth-order valence-corrected chi connectivity index (χ4v) is 5.87. The van der Waals surface area contributed by atoms with E-state index in [-0.39, 0.29) is 36.6 Å². The molecule has 3 aromatic carbocycles. The molecule has 1 unspecified atom stereocenters. The van der Waals surface area contributed by atoms with Crippen LogP contribution in [-0.4, -0.2) is 47.9 Å². The zero-order valence-electron chi connectivity index (χ0n) is 22.4. The third kappa shape index (κ3) is 6.04. The van der Waals surface area contributed by atoms with Crippen LogP contribution in [0.2, 0.25) is 5.02 Å². The maximum Gasteiger partial charge on any atom is 0.332 e. The van der Waals surface area contributed by atoms with Crippen LogP contribution in [0.1, 0.15) is 47.7 Å². The van der Waals surface area contributed by atoms with Crippen molar-refractivity contribution in [2.75, 3.05) is 19.7 Å². The monoisotopic (exact) mass is 562 g/mol. The summed E-state index contributed by atoms with van der Waals surface area (Å²) in [5.41, 5.74) is 3.37. The first-order chi connectivity index (χ1) is 19.3. The standard InChI is InChI=1S/C32H32ClFN2O4/c1-2-40-31(39)32(19-25-4-3-24(18-26(25)20-32)22-5-9-27(33)10-6-22)35-29(37)17-21-13-15-36(16-14-21)30(38)23-7-11-28(34)12-8-23/h3-12,18,21H,2,13-17,19-20H2,1H3,(H,35,37). The number of nitrogens with zero attached hydrogens (tertiary/aromatic N) is 1. The van der Waals surface area contributed by atoms with Crippen molar-refractivity contribution in [2.45, 2.75) is 44.6 Å². The maximum absolute atomic E-state index is 13.3. The molecule has 2 aliphatic rings. The van der Waals surface area contributed by atoms with E-state index < -0.39 is 11.5 Å². The van der Waals surface area contributed by atoms with Crippen molar-refractivity contribution in [1.82, 2.24) is 10.2 Å². The fraction of sp³-hybridized carbons (Fsp3) is 0.344. The van der Waals surface area contributed by atoms with Crippen molar-refractivity contribution in [3.8, 4) is 11.1 Å². The van der Waals surface area contributed by atoms with Crippen LogP contribution >= 0.6 is 11.6 Å². The summed E-state index contributed by atoms with van der Waals surface area (Å²) < 4.78 is 18.6. The number of piperidine rings is 1. The Labute approximate surface area is 238 Å². The highest BCUT2D eigenvalue weighted by molar-refractivity contribution is 6.30. The summed E-state index contributed by atoms with van der Waals surface area (Å²) in [7, 11) is 0. The zero-order chi connectivity index (χ0) is 28.3. The molecule has 1 atom stereocenters. The minimum Gasteiger partial charge on any atom is -0.464 e. The van der Waals surface area contributed by atoms with Gasteiger partial charge in [0.1, 0.15) is 11.4 Å². The molecule has 1 heterocycles. The molecule has 2 amide bonds. The average molecular weight is 563 g/mol. The smallest absolute Gasteiger partial charge is 0.332 e. The molecule has 208 valence electrons. The largest absolute Gasteiger partial charge is 0.464 e. The number of nitrogens with one attached hydrogen (secondary N) is 1. The zero-order valence-corrected chi connectivity index (χ0v) is 23.2. The number of halogens is 2. The van der Waals surface area contributed by atoms with Gasteiger partial charge in [-0.2, -0.15) is 0 Å². The lowest BCUT2D eigenvalue weighted by molar-refractivity contribution is -0.153. The second-order valence-corrected chi connectivity index (χ2v) is 11.1. The molecule has 1 aliphatic carbocycles. The molecule has 0 bridgehead atoms. The Morgan fingerprint density at radius 2 is 1.60 bits per heavy atom. The molecule has 3 aromatic rings. The predicted octanol–water partition coefficient (Wildman–Crippen LogP) is 5.61. The average Bonchev–Trinajstić information content (AvgIpc) is 3.32. The first-order valence-corrected chi connectivity index (χ1v) is 14.0. The normalized spacial score (nSPS) is 18.7. The Bertz CT molecular complexity index is 1400. The SMILES string of the molecule is CCOC(=O)C1(NC(=O)CC2CCN(C(=O)c3ccc(F)cc3)CC2)Cc2ccc(-c3ccc(Cl)cc3)cc2C1. The Morgan fingerprint density at radius 3 is 2.27 bits per heavy atom. The summed E-state index contributed by atoms with van der Waals surface area (Å²) in [6.45, 7) is 3.03. The first-order valence-electron chi connectivity index (χ1n) is 13.7. The van der Waals surface area contributed by atoms with E-state index in [2.05, 4.69) is 11.4 Å². The number of benzene rings is 3. The van der Waals surface area contributed by atoms with Gasteiger partial charge in [-0.25, -0.2) is 9.18 Å². The van der Waals surface area contributed by atoms with Gasteiger partial charge in [0.2, 0.25) is 5.91 Å². The van der Waals surface area contributed by atoms with Crippen molar-refractivity contribution in [1.29, 1.82) is 0 Å². The Kier molecular flexibility index (Phi) is 8.22. The van der Waals surface area contributed by atoms with Crippen molar-refractivity contribution in [3.05, 3.63) is 94.3 Å². The summed E-state index contributed by atoms with van der Waals surface area (Å²) in [5.74, 6) is -1.04. The third-order valence-corrected chi connectivity index (χ3v) is 8.13. The second-order valence-electron chi connectivity index (χ2n) is 10.6. The van der Waals surface area contributed by atoms with Crippen LogP contribution in [0.5, 0.6) is 0 Å². The highest BCUT2D eigenvalue weighted by Gasteiger charge is 2.46. The second kappa shape index (κ2) is 11.8. The van der Waals surface area contributed by atoms with Crippen LogP contribution in [0, 0.1) is 11.7 Å². The Balaban J connectivity index is 1.23. The van der Waals surface area contributed by atoms with E-state index >= 15 is 0 Å². The van der Waals surface area contributed by atoms with E-state index in [9.17, 15) is 18.8 Å². The summed E-state index contributed by atoms with van der Waals surface area (Å²) in [6.07, 6.45) is 2.36. The van der Waals surface area contributed by atoms with Gasteiger partial charge in [-0.05, 0) is 84.3 Å². The molecular weight excluding hydrogens is 531 g/mol. The quantitative estimate of drug-likeness (QED) is 0.380. The minimum absolute atomic E-state index is 0.0943. The third-order valence-electron chi connectivity index (χ3n) is 7.88. The Morgan fingerprint density at radius 1 is 0.950 bits per heavy atom. The van der Waals surface area contributed by atoms with Crippen LogP contribution in [0.3, 0.4) is 0 Å². The molecule has 40 heavy (non-hydrogen) atoms. The highest BCUT2D eigenvalue weighted by atomic mass is 35.5. The van der Waals surface area contributed by atoms with Gasteiger partial charge in [0, 0.05) is 42.9 Å². The Hall–Kier alpha value is -3.71. The van der Waals surface area contributed by atoms with E-state index in [1.54, 1.807) is 11.8 Å². The van der Waals surface area contributed by atoms with Gasteiger partial charge in [-0.3, -0.25) is 9.59 Å². The number of carbonyl (C=O) groups excluding carboxylic acids is 3. The van der Waals surface area contributed by atoms with Crippen molar-refractivity contribution in [2.24, 2.45) is 5.92 Å². The van der Waals surface area contributed by atoms with Gasteiger partial charge in [-0.15, -0.1) is 0 Å². The number of esters is 1. The van der Waals surface area contributed by atoms with Crippen LogP contribution in [-0.2, 0) is 27.2 Å². The number of fused-ring (bicyclic) bond motifs is 1. The summed E-state index contributed by atoms with van der Waals surface area (Å²) in [4.78, 5) is 41.0. The molecule has 1 aliphatic heterocycles. The lowest BCUT2D eigenvalue weighted by Crippen LogP contribution is -2.56. The molecule has 6 nitrogen and oxygen atoms in total. The number of likely N-dealkylation sites (tertiary alicyclic amines) is 1.